The SMILES string of the molecule is CC1(C)c2ccccc2-c2nc(-c3cc(-c4ccccn4)cc(-c4ccccn4)c3)nc(-c3ccc(-c4cccc5c4sc4ccccc45)cc3)c21.CC1(C)c2ccccc2-c2nc(-c3cccc(-c4nc5ccccc5o4)c3)nc(-c3ccc(-c4cccc5c4sc4ccccc45)cc3)c21.CC1(C)c2ccccc2-c2nc(-c3ccccc3)nc(-c3cccc(-c4cccc5c4oc4ccccc45)c3)c21. The number of benzene rings is 16. The molecule has 0 aliphatic heterocycles. The average molecular weight is 1850 g/mol. The fourth-order valence-corrected chi connectivity index (χ4v) is 24.2. The monoisotopic (exact) mass is 1850 g/mol. The van der Waals surface area contributed by atoms with Gasteiger partial charge in [0.15, 0.2) is 23.1 Å². The van der Waals surface area contributed by atoms with E-state index in [0.29, 0.717) is 17.5 Å². The Kier molecular flexibility index (Phi) is 20.1. The molecule has 0 atom stereocenters. The maximum Gasteiger partial charge on any atom is 0.227 e. The zero-order valence-electron chi connectivity index (χ0n) is 78.0. The number of hydrogen-bond donors (Lipinski definition) is 0. The lowest BCUT2D eigenvalue weighted by Gasteiger charge is -2.24. The molecule has 11 nitrogen and oxygen atoms in total. The minimum Gasteiger partial charge on any atom is -0.455 e. The molecule has 25 aromatic rings. The molecule has 3 aliphatic carbocycles. The van der Waals surface area contributed by atoms with Crippen molar-refractivity contribution in [2.45, 2.75) is 57.8 Å². The van der Waals surface area contributed by atoms with E-state index in [4.69, 9.17) is 53.7 Å². The topological polar surface area (TPSA) is 142 Å². The summed E-state index contributed by atoms with van der Waals surface area (Å²) in [7, 11) is 0. The molecule has 0 saturated heterocycles. The quantitative estimate of drug-likeness (QED) is 0.115. The van der Waals surface area contributed by atoms with E-state index in [-0.39, 0.29) is 16.2 Å². The van der Waals surface area contributed by atoms with E-state index < -0.39 is 0 Å². The summed E-state index contributed by atoms with van der Waals surface area (Å²) in [5, 5.41) is 7.50. The molecule has 0 unspecified atom stereocenters. The van der Waals surface area contributed by atoms with Gasteiger partial charge in [-0.1, -0.05) is 357 Å². The number of aromatic nitrogens is 9. The lowest BCUT2D eigenvalue weighted by molar-refractivity contribution is 0.620. The number of pyridine rings is 2. The fourth-order valence-electron chi connectivity index (χ4n) is 21.7. The maximum absolute atomic E-state index is 6.38. The number of oxazole rings is 1. The summed E-state index contributed by atoms with van der Waals surface area (Å²) in [6.45, 7) is 13.7. The van der Waals surface area contributed by atoms with Crippen molar-refractivity contribution in [1.82, 2.24) is 44.9 Å². The van der Waals surface area contributed by atoms with Crippen LogP contribution in [0.3, 0.4) is 0 Å². The van der Waals surface area contributed by atoms with Gasteiger partial charge in [-0.15, -0.1) is 22.7 Å². The second-order valence-electron chi connectivity index (χ2n) is 38.1. The Hall–Kier alpha value is -17.2. The summed E-state index contributed by atoms with van der Waals surface area (Å²) in [6.07, 6.45) is 3.66. The van der Waals surface area contributed by atoms with E-state index in [1.165, 1.54) is 90.4 Å². The first-order valence-electron chi connectivity index (χ1n) is 47.8. The van der Waals surface area contributed by atoms with Crippen molar-refractivity contribution >= 4 is 96.1 Å². The standard InChI is InChI=1S/C47H32N4S.C44H29N3OS.C37H26N2O/c1-47(2)38-16-5-3-13-37(38)44-42(47)43(30-22-20-29(21-23-30)34-14-11-15-36-35-12-4-6-19-41(35)52-45(34)36)50-46(51-44)33-27-31(39-17-7-9-24-48-39)26-32(28-33)40-18-8-10-25-49-40;1-44(2)34-17-5-3-14-33(34)40-38(44)39(46-42(47-40)28-11-9-12-29(25-28)43-45-35-18-6-7-19-36(35)48-43)27-23-21-26(22-24-27)30-15-10-16-32-31-13-4-8-20-37(31)49-41(30)32;1-37(2)30-20-8-6-17-29(30)34-32(37)33(38-36(39-34)23-12-4-3-5-13-23)25-15-10-14-24(22-25)26-18-11-19-28-27-16-7-9-21-31(27)40-35(26)28/h3-28H,1-2H3;3-25H,1-2H3;3-22H,1-2H3. The van der Waals surface area contributed by atoms with Crippen molar-refractivity contribution in [3.63, 3.8) is 0 Å². The van der Waals surface area contributed by atoms with Crippen molar-refractivity contribution in [1.29, 1.82) is 0 Å². The zero-order chi connectivity index (χ0) is 94.4. The number of fused-ring (bicyclic) bond motifs is 19. The lowest BCUT2D eigenvalue weighted by atomic mass is 9.80. The van der Waals surface area contributed by atoms with Gasteiger partial charge in [0.25, 0.3) is 0 Å². The van der Waals surface area contributed by atoms with Gasteiger partial charge >= 0.3 is 0 Å². The van der Waals surface area contributed by atoms with Crippen LogP contribution in [0.1, 0.15) is 74.9 Å². The highest BCUT2D eigenvalue weighted by molar-refractivity contribution is 7.26. The molecule has 16 aromatic carbocycles. The summed E-state index contributed by atoms with van der Waals surface area (Å²) in [6, 6.07) is 143. The predicted molar refractivity (Wildman–Crippen MR) is 580 cm³/mol. The van der Waals surface area contributed by atoms with Gasteiger partial charge in [0, 0.05) is 169 Å². The number of para-hydroxylation sites is 4. The van der Waals surface area contributed by atoms with Gasteiger partial charge in [-0.05, 0) is 136 Å². The van der Waals surface area contributed by atoms with E-state index in [0.717, 1.165) is 168 Å². The van der Waals surface area contributed by atoms with Crippen LogP contribution < -0.4 is 0 Å². The van der Waals surface area contributed by atoms with Crippen LogP contribution in [0.15, 0.2) is 428 Å². The molecule has 28 rings (SSSR count). The molecule has 0 spiro atoms. The third kappa shape index (κ3) is 14.3. The molecule has 9 heterocycles. The van der Waals surface area contributed by atoms with Crippen LogP contribution in [0.4, 0.5) is 0 Å². The number of hydrogen-bond acceptors (Lipinski definition) is 13. The van der Waals surface area contributed by atoms with Gasteiger partial charge in [0.2, 0.25) is 5.89 Å². The van der Waals surface area contributed by atoms with Crippen LogP contribution >= 0.6 is 22.7 Å². The second kappa shape index (κ2) is 33.6. The summed E-state index contributed by atoms with van der Waals surface area (Å²) in [5.41, 5.74) is 37.1. The molecule has 668 valence electrons. The zero-order valence-corrected chi connectivity index (χ0v) is 79.6. The molecule has 141 heavy (non-hydrogen) atoms. The molecule has 13 heteroatoms. The normalized spacial score (nSPS) is 13.2. The molecule has 3 aliphatic rings. The van der Waals surface area contributed by atoms with Gasteiger partial charge < -0.3 is 8.83 Å². The molecule has 0 saturated carbocycles. The van der Waals surface area contributed by atoms with Gasteiger partial charge in [-0.2, -0.15) is 0 Å². The number of thiophene rings is 2. The highest BCUT2D eigenvalue weighted by Crippen LogP contribution is 2.57. The van der Waals surface area contributed by atoms with Crippen molar-refractivity contribution in [3.05, 3.63) is 452 Å². The van der Waals surface area contributed by atoms with Crippen LogP contribution in [0, 0.1) is 0 Å². The van der Waals surface area contributed by atoms with Crippen LogP contribution in [-0.2, 0) is 16.2 Å². The Morgan fingerprint density at radius 2 is 0.582 bits per heavy atom. The molecular weight excluding hydrogens is 1760 g/mol. The maximum atomic E-state index is 6.38. The first kappa shape index (κ1) is 84.3. The molecular formula is C128H87N9O2S2. The van der Waals surface area contributed by atoms with Crippen molar-refractivity contribution in [2.75, 3.05) is 0 Å². The number of rotatable bonds is 12. The minimum absolute atomic E-state index is 0.231. The molecule has 0 fully saturated rings. The van der Waals surface area contributed by atoms with E-state index in [9.17, 15) is 0 Å². The summed E-state index contributed by atoms with van der Waals surface area (Å²) >= 11 is 3.72. The molecule has 0 radical (unpaired) electrons. The Labute approximate surface area is 822 Å². The highest BCUT2D eigenvalue weighted by atomic mass is 32.1. The van der Waals surface area contributed by atoms with Crippen LogP contribution in [-0.4, -0.2) is 44.9 Å². The molecule has 0 bridgehead atoms. The Bertz CT molecular complexity index is 9250. The smallest absolute Gasteiger partial charge is 0.227 e. The Morgan fingerprint density at radius 3 is 1.11 bits per heavy atom. The number of furan rings is 1. The van der Waals surface area contributed by atoms with Crippen molar-refractivity contribution in [2.24, 2.45) is 0 Å². The lowest BCUT2D eigenvalue weighted by Crippen LogP contribution is -2.17. The summed E-state index contributed by atoms with van der Waals surface area (Å²) in [5.74, 6) is 2.68. The van der Waals surface area contributed by atoms with Gasteiger partial charge in [-0.3, -0.25) is 9.97 Å². The van der Waals surface area contributed by atoms with E-state index in [2.05, 4.69) is 345 Å². The first-order chi connectivity index (χ1) is 69.1. The Morgan fingerprint density at radius 1 is 0.220 bits per heavy atom. The molecule has 0 amide bonds. The fraction of sp³-hybridized carbons (Fsp3) is 0.0703. The Balaban J connectivity index is 0.000000110. The van der Waals surface area contributed by atoms with Gasteiger partial charge in [0.1, 0.15) is 16.7 Å². The summed E-state index contributed by atoms with van der Waals surface area (Å²) < 4.78 is 17.8. The minimum atomic E-state index is -0.282. The summed E-state index contributed by atoms with van der Waals surface area (Å²) in [4.78, 5) is 46.1. The van der Waals surface area contributed by atoms with Crippen LogP contribution in [0.2, 0.25) is 0 Å². The second-order valence-corrected chi connectivity index (χ2v) is 40.2. The van der Waals surface area contributed by atoms with Gasteiger partial charge in [-0.25, -0.2) is 34.9 Å². The average Bonchev–Trinajstić information content (AvgIpc) is 1.57. The van der Waals surface area contributed by atoms with E-state index in [1.54, 1.807) is 0 Å². The largest absolute Gasteiger partial charge is 0.455 e. The van der Waals surface area contributed by atoms with E-state index in [1.807, 2.05) is 138 Å². The number of nitrogens with zero attached hydrogens (tertiary/aromatic N) is 9. The predicted octanol–water partition coefficient (Wildman–Crippen LogP) is 33.9. The van der Waals surface area contributed by atoms with Crippen molar-refractivity contribution < 1.29 is 8.83 Å². The van der Waals surface area contributed by atoms with Crippen LogP contribution in [0.25, 0.3) is 242 Å². The highest BCUT2D eigenvalue weighted by Gasteiger charge is 2.44. The molecule has 9 aromatic heterocycles. The van der Waals surface area contributed by atoms with E-state index >= 15 is 0 Å². The first-order valence-corrected chi connectivity index (χ1v) is 49.4. The third-order valence-corrected chi connectivity index (χ3v) is 31.0. The van der Waals surface area contributed by atoms with Gasteiger partial charge in [0.05, 0.1) is 45.6 Å². The molecule has 0 N–H and O–H groups in total. The van der Waals surface area contributed by atoms with Crippen molar-refractivity contribution in [3.8, 4) is 169 Å². The third-order valence-electron chi connectivity index (χ3n) is 28.6. The van der Waals surface area contributed by atoms with Crippen LogP contribution in [0.5, 0.6) is 0 Å².